The molecule has 33 heavy (non-hydrogen) atoms. The van der Waals surface area contributed by atoms with E-state index in [4.69, 9.17) is 14.5 Å². The Morgan fingerprint density at radius 1 is 1.27 bits per heavy atom. The van der Waals surface area contributed by atoms with Crippen molar-refractivity contribution in [3.8, 4) is 23.2 Å². The van der Waals surface area contributed by atoms with Crippen LogP contribution in [0.3, 0.4) is 0 Å². The highest BCUT2D eigenvalue weighted by molar-refractivity contribution is 7.59. The van der Waals surface area contributed by atoms with Crippen LogP contribution in [-0.2, 0) is 14.9 Å². The summed E-state index contributed by atoms with van der Waals surface area (Å²) in [6, 6.07) is 12.3. The van der Waals surface area contributed by atoms with Crippen molar-refractivity contribution in [3.05, 3.63) is 48.3 Å². The van der Waals surface area contributed by atoms with Gasteiger partial charge in [0.25, 0.3) is 0 Å². The molecule has 1 amide bonds. The zero-order valence-electron chi connectivity index (χ0n) is 18.3. The molecule has 1 aliphatic carbocycles. The van der Waals surface area contributed by atoms with Gasteiger partial charge in [-0.05, 0) is 24.5 Å². The van der Waals surface area contributed by atoms with Gasteiger partial charge in [-0.25, -0.2) is 9.97 Å². The van der Waals surface area contributed by atoms with Gasteiger partial charge in [0, 0.05) is 31.4 Å². The van der Waals surface area contributed by atoms with Gasteiger partial charge < -0.3 is 14.4 Å². The number of nitrogens with zero attached hydrogens (tertiary/aromatic N) is 5. The molecule has 3 aromatic rings. The Hall–Kier alpha value is -3.22. The second-order valence-corrected chi connectivity index (χ2v) is 8.28. The van der Waals surface area contributed by atoms with Crippen LogP contribution in [0.15, 0.2) is 42.7 Å². The predicted octanol–water partition coefficient (Wildman–Crippen LogP) is 2.99. The number of aromatic nitrogens is 3. The fourth-order valence-corrected chi connectivity index (χ4v) is 4.02. The fourth-order valence-electron chi connectivity index (χ4n) is 4.02. The normalized spacial score (nSPS) is 18.8. The number of morpholine rings is 1. The van der Waals surface area contributed by atoms with E-state index < -0.39 is 0 Å². The zero-order valence-corrected chi connectivity index (χ0v) is 19.3. The Kier molecular flexibility index (Phi) is 6.49. The van der Waals surface area contributed by atoms with Gasteiger partial charge in [-0.1, -0.05) is 24.3 Å². The van der Waals surface area contributed by atoms with Gasteiger partial charge in [-0.15, -0.1) is 0 Å². The van der Waals surface area contributed by atoms with Crippen LogP contribution in [0.4, 0.5) is 0 Å². The summed E-state index contributed by atoms with van der Waals surface area (Å²) in [4.78, 5) is 27.0. The monoisotopic (exact) mass is 463 g/mol. The second kappa shape index (κ2) is 9.33. The van der Waals surface area contributed by atoms with E-state index in [0.717, 1.165) is 29.7 Å². The minimum atomic E-state index is -0.317. The zero-order chi connectivity index (χ0) is 22.1. The summed E-state index contributed by atoms with van der Waals surface area (Å²) in [5, 5.41) is 9.44. The first-order valence-electron chi connectivity index (χ1n) is 10.7. The Labute approximate surface area is 199 Å². The van der Waals surface area contributed by atoms with Crippen molar-refractivity contribution in [1.82, 2.24) is 19.9 Å². The molecule has 5 rings (SSSR count). The minimum Gasteiger partial charge on any atom is -0.473 e. The van der Waals surface area contributed by atoms with E-state index in [2.05, 4.69) is 16.0 Å². The molecule has 1 aliphatic heterocycles. The average molecular weight is 464 g/mol. The van der Waals surface area contributed by atoms with Crippen LogP contribution >= 0.6 is 13.5 Å². The van der Waals surface area contributed by atoms with Crippen molar-refractivity contribution in [2.75, 3.05) is 26.3 Å². The highest BCUT2D eigenvalue weighted by Crippen LogP contribution is 2.47. The van der Waals surface area contributed by atoms with Crippen LogP contribution in [0.5, 0.6) is 5.88 Å². The third-order valence-corrected chi connectivity index (χ3v) is 6.11. The Morgan fingerprint density at radius 3 is 2.73 bits per heavy atom. The van der Waals surface area contributed by atoms with E-state index >= 15 is 0 Å². The number of pyridine rings is 1. The van der Waals surface area contributed by atoms with Crippen LogP contribution in [0.1, 0.15) is 25.3 Å². The van der Waals surface area contributed by atoms with E-state index in [9.17, 15) is 10.1 Å². The van der Waals surface area contributed by atoms with Crippen molar-refractivity contribution in [3.63, 3.8) is 0 Å². The fraction of sp³-hybridized carbons (Fsp3) is 0.375. The summed E-state index contributed by atoms with van der Waals surface area (Å²) in [5.74, 6) is 0.413. The smallest absolute Gasteiger partial charge is 0.242 e. The van der Waals surface area contributed by atoms with E-state index in [-0.39, 0.29) is 37.5 Å². The van der Waals surface area contributed by atoms with Crippen LogP contribution in [0, 0.1) is 11.3 Å². The predicted molar refractivity (Wildman–Crippen MR) is 127 cm³/mol. The van der Waals surface area contributed by atoms with Gasteiger partial charge in [-0.3, -0.25) is 9.78 Å². The van der Waals surface area contributed by atoms with Crippen molar-refractivity contribution < 1.29 is 14.3 Å². The first kappa shape index (κ1) is 23.0. The van der Waals surface area contributed by atoms with Gasteiger partial charge in [0.05, 0.1) is 35.8 Å². The van der Waals surface area contributed by atoms with Crippen LogP contribution in [0.2, 0.25) is 0 Å². The lowest BCUT2D eigenvalue weighted by Crippen LogP contribution is -2.46. The Bertz CT molecular complexity index is 1210. The first-order valence-corrected chi connectivity index (χ1v) is 10.7. The molecule has 9 heteroatoms. The average Bonchev–Trinajstić information content (AvgIpc) is 3.64. The molecule has 2 aliphatic rings. The highest BCUT2D eigenvalue weighted by atomic mass is 32.1. The second-order valence-electron chi connectivity index (χ2n) is 8.28. The molecule has 0 radical (unpaired) electrons. The van der Waals surface area contributed by atoms with E-state index in [0.29, 0.717) is 36.6 Å². The maximum atomic E-state index is 11.7. The molecule has 170 valence electrons. The standard InChI is InChI=1S/C24H23N5O3.H2S/c1-16(30)29-10-11-31-19(13-29)14-32-23-22-21(26-8-9-27-22)12-20(28-23)17-2-4-18(5-3-17)24(15-25)6-7-24;/h2-5,8-9,12,19H,6-7,10-11,13-14H2,1H3;1H2/t19-;/m0./s1. The molecule has 8 nitrogen and oxygen atoms in total. The highest BCUT2D eigenvalue weighted by Gasteiger charge is 2.44. The molecular weight excluding hydrogens is 438 g/mol. The lowest BCUT2D eigenvalue weighted by molar-refractivity contribution is -0.137. The summed E-state index contributed by atoms with van der Waals surface area (Å²) in [6.45, 7) is 3.38. The van der Waals surface area contributed by atoms with Crippen molar-refractivity contribution in [2.45, 2.75) is 31.3 Å². The minimum absolute atomic E-state index is 0. The SMILES string of the molecule is CC(=O)N1CCO[C@H](COc2nc(-c3ccc(C4(C#N)CC4)cc3)cc3nccnc23)C1.S. The summed E-state index contributed by atoms with van der Waals surface area (Å²) in [7, 11) is 0. The van der Waals surface area contributed by atoms with Gasteiger partial charge in [-0.2, -0.15) is 18.8 Å². The number of ether oxygens (including phenoxy) is 2. The molecule has 1 saturated carbocycles. The van der Waals surface area contributed by atoms with E-state index in [1.807, 2.05) is 30.3 Å². The summed E-state index contributed by atoms with van der Waals surface area (Å²) >= 11 is 0. The van der Waals surface area contributed by atoms with Crippen molar-refractivity contribution in [1.29, 1.82) is 5.26 Å². The molecule has 1 saturated heterocycles. The molecule has 0 spiro atoms. The lowest BCUT2D eigenvalue weighted by atomic mass is 9.96. The van der Waals surface area contributed by atoms with Gasteiger partial charge >= 0.3 is 0 Å². The Morgan fingerprint density at radius 2 is 2.03 bits per heavy atom. The number of benzene rings is 1. The van der Waals surface area contributed by atoms with E-state index in [1.165, 1.54) is 0 Å². The maximum Gasteiger partial charge on any atom is 0.242 e. The molecule has 2 aromatic heterocycles. The number of nitriles is 1. The number of carbonyl (C=O) groups excluding carboxylic acids is 1. The molecule has 2 fully saturated rings. The third kappa shape index (κ3) is 4.63. The molecule has 1 atom stereocenters. The van der Waals surface area contributed by atoms with Crippen LogP contribution in [-0.4, -0.2) is 58.2 Å². The number of carbonyl (C=O) groups is 1. The molecule has 0 unspecified atom stereocenters. The molecule has 3 heterocycles. The molecule has 0 N–H and O–H groups in total. The topological polar surface area (TPSA) is 101 Å². The van der Waals surface area contributed by atoms with Gasteiger partial charge in [0.1, 0.15) is 12.7 Å². The summed E-state index contributed by atoms with van der Waals surface area (Å²) in [5.41, 5.74) is 3.62. The first-order chi connectivity index (χ1) is 15.6. The molecule has 0 bridgehead atoms. The largest absolute Gasteiger partial charge is 0.473 e. The quantitative estimate of drug-likeness (QED) is 0.573. The summed E-state index contributed by atoms with van der Waals surface area (Å²) < 4.78 is 11.8. The number of amides is 1. The number of hydrogen-bond acceptors (Lipinski definition) is 7. The van der Waals surface area contributed by atoms with Crippen LogP contribution in [0.25, 0.3) is 22.3 Å². The number of rotatable bonds is 5. The van der Waals surface area contributed by atoms with Gasteiger partial charge in [0.15, 0.2) is 5.52 Å². The van der Waals surface area contributed by atoms with E-state index in [1.54, 1.807) is 24.2 Å². The molecular formula is C24H25N5O3S. The Balaban J connectivity index is 0.00000259. The maximum absolute atomic E-state index is 11.7. The lowest BCUT2D eigenvalue weighted by Gasteiger charge is -2.32. The van der Waals surface area contributed by atoms with Crippen molar-refractivity contribution >= 4 is 30.4 Å². The number of fused-ring (bicyclic) bond motifs is 1. The third-order valence-electron chi connectivity index (χ3n) is 6.11. The summed E-state index contributed by atoms with van der Waals surface area (Å²) in [6.07, 6.45) is 4.84. The number of hydrogen-bond donors (Lipinski definition) is 0. The van der Waals surface area contributed by atoms with Gasteiger partial charge in [0.2, 0.25) is 11.8 Å². The van der Waals surface area contributed by atoms with Crippen LogP contribution < -0.4 is 4.74 Å². The molecule has 1 aromatic carbocycles. The van der Waals surface area contributed by atoms with Crippen molar-refractivity contribution in [2.24, 2.45) is 0 Å².